The van der Waals surface area contributed by atoms with Gasteiger partial charge in [-0.05, 0) is 55.2 Å². The van der Waals surface area contributed by atoms with Gasteiger partial charge in [0.15, 0.2) is 10.9 Å². The second-order valence-electron chi connectivity index (χ2n) is 7.46. The lowest BCUT2D eigenvalue weighted by molar-refractivity contribution is 0.101. The summed E-state index contributed by atoms with van der Waals surface area (Å²) in [6, 6.07) is 14.7. The first-order chi connectivity index (χ1) is 14.1. The van der Waals surface area contributed by atoms with E-state index in [0.29, 0.717) is 35.1 Å². The highest BCUT2D eigenvalue weighted by Gasteiger charge is 2.24. The zero-order chi connectivity index (χ0) is 20.2. The number of hydrogen-bond acceptors (Lipinski definition) is 4. The van der Waals surface area contributed by atoms with E-state index in [1.807, 2.05) is 36.4 Å². The molecule has 1 aromatic heterocycles. The van der Waals surface area contributed by atoms with E-state index in [0.717, 1.165) is 18.2 Å². The van der Waals surface area contributed by atoms with Crippen LogP contribution in [0.15, 0.2) is 52.9 Å². The van der Waals surface area contributed by atoms with Crippen LogP contribution in [-0.2, 0) is 0 Å². The van der Waals surface area contributed by atoms with Gasteiger partial charge in [0.05, 0.1) is 17.9 Å². The number of ketones is 1. The highest BCUT2D eigenvalue weighted by atomic mass is 32.1. The Morgan fingerprint density at radius 1 is 1.14 bits per heavy atom. The molecule has 1 aliphatic rings. The smallest absolute Gasteiger partial charge is 0.234 e. The van der Waals surface area contributed by atoms with Crippen LogP contribution in [0.25, 0.3) is 11.0 Å². The van der Waals surface area contributed by atoms with Gasteiger partial charge in [0.1, 0.15) is 11.3 Å². The second-order valence-corrected chi connectivity index (χ2v) is 7.90. The lowest BCUT2D eigenvalue weighted by atomic mass is 9.90. The number of benzene rings is 2. The summed E-state index contributed by atoms with van der Waals surface area (Å²) in [5.74, 6) is 1.03. The number of furan rings is 1. The molecule has 0 amide bonds. The number of nitrogens with one attached hydrogen (secondary N) is 1. The van der Waals surface area contributed by atoms with Gasteiger partial charge in [0, 0.05) is 5.39 Å². The molecule has 0 aliphatic heterocycles. The van der Waals surface area contributed by atoms with Gasteiger partial charge in [-0.15, -0.1) is 0 Å². The molecule has 3 N–H and O–H groups in total. The summed E-state index contributed by atoms with van der Waals surface area (Å²) in [6.07, 6.45) is 6.10. The fraction of sp³-hybridized carbons (Fsp3) is 0.304. The quantitative estimate of drug-likeness (QED) is 0.427. The van der Waals surface area contributed by atoms with Gasteiger partial charge in [0.25, 0.3) is 0 Å². The maximum atomic E-state index is 13.4. The first kappa shape index (κ1) is 19.5. The molecule has 0 bridgehead atoms. The average molecular weight is 409 g/mol. The standard InChI is InChI=1S/C23H24N2O3S/c24-23(29)25-17-10-6-12-19(27-14-15-7-2-1-3-8-15)21(17)22(26)20-13-16-9-4-5-11-18(16)28-20/h4-6,9-13,15H,1-3,7-8,14H2,(H3,24,25,29). The molecule has 0 saturated heterocycles. The monoisotopic (exact) mass is 408 g/mol. The zero-order valence-electron chi connectivity index (χ0n) is 16.1. The van der Waals surface area contributed by atoms with Gasteiger partial charge in [-0.25, -0.2) is 0 Å². The summed E-state index contributed by atoms with van der Waals surface area (Å²) >= 11 is 4.99. The first-order valence-electron chi connectivity index (χ1n) is 9.97. The van der Waals surface area contributed by atoms with E-state index < -0.39 is 0 Å². The van der Waals surface area contributed by atoms with E-state index in [-0.39, 0.29) is 16.7 Å². The summed E-state index contributed by atoms with van der Waals surface area (Å²) in [7, 11) is 0. The molecule has 0 spiro atoms. The Bertz CT molecular complexity index is 1000. The van der Waals surface area contributed by atoms with Crippen LogP contribution in [0.3, 0.4) is 0 Å². The Morgan fingerprint density at radius 3 is 2.69 bits per heavy atom. The maximum Gasteiger partial charge on any atom is 0.234 e. The Morgan fingerprint density at radius 2 is 1.93 bits per heavy atom. The number of hydrogen-bond donors (Lipinski definition) is 2. The number of ether oxygens (including phenoxy) is 1. The third kappa shape index (κ3) is 4.43. The lowest BCUT2D eigenvalue weighted by Crippen LogP contribution is -2.22. The molecule has 150 valence electrons. The third-order valence-electron chi connectivity index (χ3n) is 5.36. The molecule has 1 fully saturated rings. The number of carbonyl (C=O) groups excluding carboxylic acids is 1. The molecule has 5 nitrogen and oxygen atoms in total. The summed E-state index contributed by atoms with van der Waals surface area (Å²) in [4.78, 5) is 13.4. The van der Waals surface area contributed by atoms with Gasteiger partial charge in [-0.3, -0.25) is 4.79 Å². The number of fused-ring (bicyclic) bond motifs is 1. The molecule has 29 heavy (non-hydrogen) atoms. The van der Waals surface area contributed by atoms with E-state index in [2.05, 4.69) is 5.32 Å². The van der Waals surface area contributed by atoms with Crippen LogP contribution in [0.5, 0.6) is 5.75 Å². The number of nitrogens with two attached hydrogens (primary N) is 1. The minimum absolute atomic E-state index is 0.0908. The highest BCUT2D eigenvalue weighted by Crippen LogP contribution is 2.32. The molecule has 0 unspecified atom stereocenters. The molecular weight excluding hydrogens is 384 g/mol. The van der Waals surface area contributed by atoms with Crippen molar-refractivity contribution in [2.45, 2.75) is 32.1 Å². The molecule has 3 aromatic rings. The average Bonchev–Trinajstić information content (AvgIpc) is 3.16. The molecule has 0 radical (unpaired) electrons. The van der Waals surface area contributed by atoms with Crippen molar-refractivity contribution >= 4 is 39.8 Å². The van der Waals surface area contributed by atoms with E-state index in [9.17, 15) is 4.79 Å². The second kappa shape index (κ2) is 8.66. The molecule has 1 saturated carbocycles. The maximum absolute atomic E-state index is 13.4. The van der Waals surface area contributed by atoms with Crippen molar-refractivity contribution in [1.82, 2.24) is 0 Å². The van der Waals surface area contributed by atoms with Crippen molar-refractivity contribution in [2.75, 3.05) is 11.9 Å². The fourth-order valence-corrected chi connectivity index (χ4v) is 4.01. The van der Waals surface area contributed by atoms with Crippen molar-refractivity contribution in [1.29, 1.82) is 0 Å². The van der Waals surface area contributed by atoms with Crippen LogP contribution in [0.4, 0.5) is 5.69 Å². The van der Waals surface area contributed by atoms with E-state index in [4.69, 9.17) is 27.1 Å². The number of carbonyl (C=O) groups is 1. The minimum atomic E-state index is -0.265. The molecule has 1 heterocycles. The van der Waals surface area contributed by atoms with Crippen LogP contribution in [0.2, 0.25) is 0 Å². The lowest BCUT2D eigenvalue weighted by Gasteiger charge is -2.23. The van der Waals surface area contributed by atoms with Crippen LogP contribution >= 0.6 is 12.2 Å². The van der Waals surface area contributed by atoms with E-state index >= 15 is 0 Å². The van der Waals surface area contributed by atoms with Crippen LogP contribution < -0.4 is 15.8 Å². The molecule has 1 aliphatic carbocycles. The van der Waals surface area contributed by atoms with Crippen molar-refractivity contribution in [3.63, 3.8) is 0 Å². The van der Waals surface area contributed by atoms with Gasteiger partial charge in [0.2, 0.25) is 5.78 Å². The van der Waals surface area contributed by atoms with Crippen LogP contribution in [-0.4, -0.2) is 17.5 Å². The highest BCUT2D eigenvalue weighted by molar-refractivity contribution is 7.80. The molecule has 6 heteroatoms. The minimum Gasteiger partial charge on any atom is -0.492 e. The molecule has 4 rings (SSSR count). The number of para-hydroxylation sites is 1. The molecule has 2 aromatic carbocycles. The van der Waals surface area contributed by atoms with E-state index in [1.54, 1.807) is 12.1 Å². The fourth-order valence-electron chi connectivity index (χ4n) is 3.90. The molecule has 0 atom stereocenters. The van der Waals surface area contributed by atoms with Gasteiger partial charge in [-0.2, -0.15) is 0 Å². The van der Waals surface area contributed by atoms with Crippen molar-refractivity contribution in [2.24, 2.45) is 11.7 Å². The van der Waals surface area contributed by atoms with Gasteiger partial charge < -0.3 is 20.2 Å². The number of rotatable bonds is 6. The van der Waals surface area contributed by atoms with Crippen molar-refractivity contribution in [3.05, 3.63) is 59.9 Å². The Hall–Kier alpha value is -2.86. The van der Waals surface area contributed by atoms with Crippen LogP contribution in [0.1, 0.15) is 48.2 Å². The predicted octanol–water partition coefficient (Wildman–Crippen LogP) is 5.28. The van der Waals surface area contributed by atoms with Gasteiger partial charge >= 0.3 is 0 Å². The summed E-state index contributed by atoms with van der Waals surface area (Å²) < 4.78 is 11.9. The van der Waals surface area contributed by atoms with E-state index in [1.165, 1.54) is 19.3 Å². The van der Waals surface area contributed by atoms with Gasteiger partial charge in [-0.1, -0.05) is 43.5 Å². The largest absolute Gasteiger partial charge is 0.492 e. The Labute approximate surface area is 175 Å². The number of thiocarbonyl (C=S) groups is 1. The van der Waals surface area contributed by atoms with Crippen molar-refractivity contribution < 1.29 is 13.9 Å². The summed E-state index contributed by atoms with van der Waals surface area (Å²) in [6.45, 7) is 0.594. The summed E-state index contributed by atoms with van der Waals surface area (Å²) in [5.41, 5.74) is 7.25. The normalized spacial score (nSPS) is 14.6. The first-order valence-corrected chi connectivity index (χ1v) is 10.4. The molecular formula is C23H24N2O3S. The number of anilines is 1. The Kier molecular flexibility index (Phi) is 5.81. The Balaban J connectivity index is 1.67. The zero-order valence-corrected chi connectivity index (χ0v) is 17.0. The summed E-state index contributed by atoms with van der Waals surface area (Å²) in [5, 5.41) is 3.87. The van der Waals surface area contributed by atoms with Crippen LogP contribution in [0, 0.1) is 5.92 Å². The van der Waals surface area contributed by atoms with Crippen molar-refractivity contribution in [3.8, 4) is 5.75 Å². The third-order valence-corrected chi connectivity index (χ3v) is 5.46. The topological polar surface area (TPSA) is 77.5 Å². The predicted molar refractivity (Wildman–Crippen MR) is 119 cm³/mol. The SMILES string of the molecule is NC(=S)Nc1cccc(OCC2CCCCC2)c1C(=O)c1cc2ccccc2o1.